The van der Waals surface area contributed by atoms with Gasteiger partial charge >= 0.3 is 0 Å². The summed E-state index contributed by atoms with van der Waals surface area (Å²) in [5, 5.41) is 0. The second-order valence-electron chi connectivity index (χ2n) is 3.07. The monoisotopic (exact) mass is 191 g/mol. The molecule has 0 atom stereocenters. The van der Waals surface area contributed by atoms with Crippen LogP contribution in [-0.2, 0) is 9.59 Å². The topological polar surface area (TPSA) is 37.4 Å². The van der Waals surface area contributed by atoms with Crippen molar-refractivity contribution in [3.8, 4) is 0 Å². The van der Waals surface area contributed by atoms with Crippen molar-refractivity contribution >= 4 is 18.3 Å². The van der Waals surface area contributed by atoms with Gasteiger partial charge in [-0.25, -0.2) is 0 Å². The first-order valence-electron chi connectivity index (χ1n) is 4.47. The Morgan fingerprint density at radius 3 is 2.00 bits per heavy atom. The van der Waals surface area contributed by atoms with E-state index in [0.717, 1.165) is 23.8 Å². The summed E-state index contributed by atoms with van der Waals surface area (Å²) in [4.78, 5) is 22.5. The van der Waals surface area contributed by atoms with Crippen LogP contribution in [0.25, 0.3) is 0 Å². The quantitative estimate of drug-likeness (QED) is 0.656. The van der Waals surface area contributed by atoms with Crippen molar-refractivity contribution in [2.75, 3.05) is 18.0 Å². The van der Waals surface area contributed by atoms with E-state index in [0.29, 0.717) is 0 Å². The molecule has 0 amide bonds. The molecule has 0 fully saturated rings. The standard InChI is InChI=1S/C11H13NO2/c1-10-2-4-11(5-3-10)12(6-8-13)7-9-14/h2-5,8-9H,6-7H2,1H3. The largest absolute Gasteiger partial charge is 0.357 e. The molecule has 0 aliphatic rings. The minimum atomic E-state index is 0.252. The maximum absolute atomic E-state index is 10.4. The van der Waals surface area contributed by atoms with Gasteiger partial charge in [-0.2, -0.15) is 0 Å². The zero-order chi connectivity index (χ0) is 10.4. The molecule has 0 aromatic heterocycles. The van der Waals surface area contributed by atoms with Crippen LogP contribution in [-0.4, -0.2) is 25.7 Å². The Labute approximate surface area is 83.3 Å². The molecule has 0 radical (unpaired) electrons. The van der Waals surface area contributed by atoms with Crippen molar-refractivity contribution in [2.24, 2.45) is 0 Å². The summed E-state index contributed by atoms with van der Waals surface area (Å²) >= 11 is 0. The first-order chi connectivity index (χ1) is 6.77. The van der Waals surface area contributed by atoms with Crippen molar-refractivity contribution in [1.82, 2.24) is 0 Å². The Bertz CT molecular complexity index is 296. The molecule has 14 heavy (non-hydrogen) atoms. The summed E-state index contributed by atoms with van der Waals surface area (Å²) < 4.78 is 0. The lowest BCUT2D eigenvalue weighted by atomic mass is 10.2. The van der Waals surface area contributed by atoms with Crippen LogP contribution >= 0.6 is 0 Å². The molecule has 1 rings (SSSR count). The van der Waals surface area contributed by atoms with Crippen molar-refractivity contribution in [1.29, 1.82) is 0 Å². The first-order valence-corrected chi connectivity index (χ1v) is 4.47. The third-order valence-electron chi connectivity index (χ3n) is 1.99. The van der Waals surface area contributed by atoms with Gasteiger partial charge in [-0.1, -0.05) is 17.7 Å². The highest BCUT2D eigenvalue weighted by Crippen LogP contribution is 2.13. The Balaban J connectivity index is 2.80. The van der Waals surface area contributed by atoms with Gasteiger partial charge in [0.15, 0.2) is 0 Å². The molecule has 0 aliphatic carbocycles. The van der Waals surface area contributed by atoms with E-state index in [2.05, 4.69) is 0 Å². The van der Waals surface area contributed by atoms with Crippen LogP contribution in [0.4, 0.5) is 5.69 Å². The Kier molecular flexibility index (Phi) is 3.85. The van der Waals surface area contributed by atoms with Crippen LogP contribution in [0, 0.1) is 6.92 Å². The molecule has 0 saturated heterocycles. The number of aryl methyl sites for hydroxylation is 1. The number of hydrogen-bond donors (Lipinski definition) is 0. The third-order valence-corrected chi connectivity index (χ3v) is 1.99. The summed E-state index contributed by atoms with van der Waals surface area (Å²) in [7, 11) is 0. The minimum Gasteiger partial charge on any atom is -0.357 e. The lowest BCUT2D eigenvalue weighted by molar-refractivity contribution is -0.107. The van der Waals surface area contributed by atoms with Gasteiger partial charge in [0.25, 0.3) is 0 Å². The molecular weight excluding hydrogens is 178 g/mol. The minimum absolute atomic E-state index is 0.252. The predicted octanol–water partition coefficient (Wildman–Crippen LogP) is 1.20. The number of aldehydes is 2. The summed E-state index contributed by atoms with van der Waals surface area (Å²) in [5.41, 5.74) is 2.06. The molecule has 0 N–H and O–H groups in total. The van der Waals surface area contributed by atoms with E-state index in [-0.39, 0.29) is 13.1 Å². The maximum atomic E-state index is 10.4. The number of nitrogens with zero attached hydrogens (tertiary/aromatic N) is 1. The zero-order valence-electron chi connectivity index (χ0n) is 8.14. The highest BCUT2D eigenvalue weighted by molar-refractivity contribution is 5.67. The van der Waals surface area contributed by atoms with Gasteiger partial charge in [-0.15, -0.1) is 0 Å². The molecule has 3 nitrogen and oxygen atoms in total. The van der Waals surface area contributed by atoms with E-state index < -0.39 is 0 Å². The third kappa shape index (κ3) is 2.69. The molecule has 0 unspecified atom stereocenters. The fourth-order valence-corrected chi connectivity index (χ4v) is 1.22. The highest BCUT2D eigenvalue weighted by Gasteiger charge is 2.03. The fraction of sp³-hybridized carbons (Fsp3) is 0.273. The number of rotatable bonds is 5. The average molecular weight is 191 g/mol. The zero-order valence-corrected chi connectivity index (χ0v) is 8.14. The number of hydrogen-bond acceptors (Lipinski definition) is 3. The van der Waals surface area contributed by atoms with Crippen molar-refractivity contribution in [2.45, 2.75) is 6.92 Å². The second-order valence-corrected chi connectivity index (χ2v) is 3.07. The lowest BCUT2D eigenvalue weighted by Crippen LogP contribution is -2.27. The van der Waals surface area contributed by atoms with Crippen molar-refractivity contribution < 1.29 is 9.59 Å². The normalized spacial score (nSPS) is 9.50. The molecule has 3 heteroatoms. The smallest absolute Gasteiger partial charge is 0.139 e. The van der Waals surface area contributed by atoms with E-state index in [1.54, 1.807) is 4.90 Å². The SMILES string of the molecule is Cc1ccc(N(CC=O)CC=O)cc1. The van der Waals surface area contributed by atoms with Crippen LogP contribution in [0.1, 0.15) is 5.56 Å². The number of anilines is 1. The highest BCUT2D eigenvalue weighted by atomic mass is 16.1. The Hall–Kier alpha value is -1.64. The number of carbonyl (C=O) groups excluding carboxylic acids is 2. The van der Waals surface area contributed by atoms with Gasteiger partial charge in [0.05, 0.1) is 13.1 Å². The van der Waals surface area contributed by atoms with E-state index >= 15 is 0 Å². The molecule has 0 aliphatic heterocycles. The average Bonchev–Trinajstić information content (AvgIpc) is 2.19. The summed E-state index contributed by atoms with van der Waals surface area (Å²) in [6, 6.07) is 7.72. The van der Waals surface area contributed by atoms with E-state index in [4.69, 9.17) is 0 Å². The summed E-state index contributed by atoms with van der Waals surface area (Å²) in [6.45, 7) is 2.50. The molecular formula is C11H13NO2. The lowest BCUT2D eigenvalue weighted by Gasteiger charge is -2.19. The molecule has 0 bridgehead atoms. The van der Waals surface area contributed by atoms with Gasteiger partial charge in [-0.05, 0) is 19.1 Å². The van der Waals surface area contributed by atoms with E-state index in [1.807, 2.05) is 31.2 Å². The van der Waals surface area contributed by atoms with Gasteiger partial charge in [0.1, 0.15) is 12.6 Å². The van der Waals surface area contributed by atoms with Gasteiger partial charge in [0.2, 0.25) is 0 Å². The first kappa shape index (κ1) is 10.4. The summed E-state index contributed by atoms with van der Waals surface area (Å²) in [5.74, 6) is 0. The number of carbonyl (C=O) groups is 2. The Morgan fingerprint density at radius 1 is 1.07 bits per heavy atom. The summed E-state index contributed by atoms with van der Waals surface area (Å²) in [6.07, 6.45) is 1.59. The molecule has 0 spiro atoms. The molecule has 1 aromatic rings. The van der Waals surface area contributed by atoms with Crippen LogP contribution < -0.4 is 4.90 Å². The van der Waals surface area contributed by atoms with Crippen molar-refractivity contribution in [3.63, 3.8) is 0 Å². The van der Waals surface area contributed by atoms with Crippen molar-refractivity contribution in [3.05, 3.63) is 29.8 Å². The van der Waals surface area contributed by atoms with Crippen LogP contribution in [0.2, 0.25) is 0 Å². The number of benzene rings is 1. The van der Waals surface area contributed by atoms with Gasteiger partial charge in [-0.3, -0.25) is 0 Å². The molecule has 0 heterocycles. The maximum Gasteiger partial charge on any atom is 0.139 e. The van der Waals surface area contributed by atoms with Gasteiger partial charge in [0, 0.05) is 5.69 Å². The fourth-order valence-electron chi connectivity index (χ4n) is 1.22. The van der Waals surface area contributed by atoms with Gasteiger partial charge < -0.3 is 14.5 Å². The van der Waals surface area contributed by atoms with Crippen LogP contribution in [0.5, 0.6) is 0 Å². The van der Waals surface area contributed by atoms with Crippen LogP contribution in [0.3, 0.4) is 0 Å². The molecule has 1 aromatic carbocycles. The molecule has 0 saturated carbocycles. The predicted molar refractivity (Wildman–Crippen MR) is 55.5 cm³/mol. The van der Waals surface area contributed by atoms with E-state index in [9.17, 15) is 9.59 Å². The van der Waals surface area contributed by atoms with Crippen LogP contribution in [0.15, 0.2) is 24.3 Å². The molecule has 74 valence electrons. The van der Waals surface area contributed by atoms with E-state index in [1.165, 1.54) is 0 Å². The second kappa shape index (κ2) is 5.17. The Morgan fingerprint density at radius 2 is 1.57 bits per heavy atom.